The molecule has 0 N–H and O–H groups in total. The van der Waals surface area contributed by atoms with Gasteiger partial charge in [-0.15, -0.1) is 6.58 Å². The van der Waals surface area contributed by atoms with Gasteiger partial charge in [-0.25, -0.2) is 4.39 Å². The summed E-state index contributed by atoms with van der Waals surface area (Å²) in [5.74, 6) is 0. The smallest absolute Gasteiger partial charge is 0.398 e. The van der Waals surface area contributed by atoms with E-state index in [0.717, 1.165) is 12.4 Å². The third kappa shape index (κ3) is 3.98. The van der Waals surface area contributed by atoms with Crippen LogP contribution in [-0.4, -0.2) is 34.3 Å². The number of nitrogens with zero attached hydrogens (tertiary/aromatic N) is 2. The molecule has 0 spiro atoms. The molecule has 4 nitrogen and oxygen atoms in total. The molecule has 0 saturated carbocycles. The Hall–Kier alpha value is -1.61. The van der Waals surface area contributed by atoms with Crippen LogP contribution >= 0.6 is 0 Å². The lowest BCUT2D eigenvalue weighted by Crippen LogP contribution is -2.41. The highest BCUT2D eigenvalue weighted by atomic mass is 19.4. The summed E-state index contributed by atoms with van der Waals surface area (Å²) >= 11 is 0. The fourth-order valence-corrected chi connectivity index (χ4v) is 2.34. The van der Waals surface area contributed by atoms with Gasteiger partial charge < -0.3 is 9.31 Å². The van der Waals surface area contributed by atoms with Crippen molar-refractivity contribution in [1.82, 2.24) is 9.78 Å². The number of aryl methyl sites for hydroxylation is 1. The molecule has 1 aliphatic rings. The predicted octanol–water partition coefficient (Wildman–Crippen LogP) is 4.33. The van der Waals surface area contributed by atoms with Crippen molar-refractivity contribution in [3.8, 4) is 0 Å². The summed E-state index contributed by atoms with van der Waals surface area (Å²) < 4.78 is 67.3. The molecule has 9 heteroatoms. The molecule has 25 heavy (non-hydrogen) atoms. The fraction of sp³-hybridized carbons (Fsp3) is 0.562. The van der Waals surface area contributed by atoms with Gasteiger partial charge in [0.1, 0.15) is 5.73 Å². The van der Waals surface area contributed by atoms with Crippen LogP contribution in [0.1, 0.15) is 39.7 Å². The summed E-state index contributed by atoms with van der Waals surface area (Å²) in [5, 5.41) is 3.84. The summed E-state index contributed by atoms with van der Waals surface area (Å²) in [7, 11) is -1.72. The van der Waals surface area contributed by atoms with Crippen molar-refractivity contribution in [2.75, 3.05) is 0 Å². The van der Waals surface area contributed by atoms with Crippen molar-refractivity contribution in [3.05, 3.63) is 36.3 Å². The normalized spacial score (nSPS) is 20.6. The first-order chi connectivity index (χ1) is 11.4. The van der Waals surface area contributed by atoms with Gasteiger partial charge in [0, 0.05) is 18.3 Å². The van der Waals surface area contributed by atoms with E-state index in [0.29, 0.717) is 13.0 Å². The number of allylic oxidation sites excluding steroid dienone is 2. The summed E-state index contributed by atoms with van der Waals surface area (Å²) in [6.07, 6.45) is -0.632. The van der Waals surface area contributed by atoms with Crippen LogP contribution < -0.4 is 0 Å². The van der Waals surface area contributed by atoms with Crippen molar-refractivity contribution in [2.24, 2.45) is 0 Å². The summed E-state index contributed by atoms with van der Waals surface area (Å²) in [6, 6.07) is 0. The maximum atomic E-state index is 14.8. The van der Waals surface area contributed by atoms with Gasteiger partial charge >= 0.3 is 13.3 Å². The topological polar surface area (TPSA) is 36.3 Å². The molecule has 2 heterocycles. The summed E-state index contributed by atoms with van der Waals surface area (Å²) in [5.41, 5.74) is -5.20. The Kier molecular flexibility index (Phi) is 5.21. The number of halogens is 4. The monoisotopic (exact) mass is 360 g/mol. The molecular formula is C16H21BF4N2O2. The van der Waals surface area contributed by atoms with Gasteiger partial charge in [-0.2, -0.15) is 18.3 Å². The van der Waals surface area contributed by atoms with E-state index in [4.69, 9.17) is 9.31 Å². The van der Waals surface area contributed by atoms with E-state index in [2.05, 4.69) is 11.7 Å². The molecule has 0 amide bonds. The molecule has 1 aliphatic heterocycles. The molecule has 1 aromatic rings. The molecule has 0 bridgehead atoms. The Labute approximate surface area is 144 Å². The van der Waals surface area contributed by atoms with Gasteiger partial charge in [0.2, 0.25) is 0 Å². The second kappa shape index (κ2) is 6.61. The van der Waals surface area contributed by atoms with Crippen molar-refractivity contribution in [2.45, 2.75) is 58.0 Å². The molecule has 0 aliphatic carbocycles. The van der Waals surface area contributed by atoms with Gasteiger partial charge in [-0.1, -0.05) is 6.08 Å². The average molecular weight is 360 g/mol. The molecule has 0 aromatic carbocycles. The number of alkyl halides is 3. The first kappa shape index (κ1) is 19.7. The Balaban J connectivity index is 2.42. The largest absolute Gasteiger partial charge is 0.525 e. The molecule has 138 valence electrons. The van der Waals surface area contributed by atoms with Crippen LogP contribution in [0, 0.1) is 0 Å². The van der Waals surface area contributed by atoms with Crippen molar-refractivity contribution < 1.29 is 26.9 Å². The van der Waals surface area contributed by atoms with E-state index in [1.54, 1.807) is 33.8 Å². The number of hydrogen-bond acceptors (Lipinski definition) is 3. The minimum absolute atomic E-state index is 0.354. The van der Waals surface area contributed by atoms with Gasteiger partial charge in [-0.05, 0) is 34.1 Å². The maximum Gasteiger partial charge on any atom is 0.525 e. The Morgan fingerprint density at radius 3 is 2.32 bits per heavy atom. The highest BCUT2D eigenvalue weighted by molar-refractivity contribution is 6.55. The van der Waals surface area contributed by atoms with E-state index in [1.807, 2.05) is 0 Å². The minimum atomic E-state index is -4.92. The number of rotatable bonds is 5. The van der Waals surface area contributed by atoms with E-state index in [9.17, 15) is 17.6 Å². The predicted molar refractivity (Wildman–Crippen MR) is 87.2 cm³/mol. The van der Waals surface area contributed by atoms with E-state index in [-0.39, 0.29) is 5.56 Å². The van der Waals surface area contributed by atoms with E-state index < -0.39 is 35.8 Å². The first-order valence-electron chi connectivity index (χ1n) is 7.85. The zero-order valence-electron chi connectivity index (χ0n) is 14.7. The highest BCUT2D eigenvalue weighted by Crippen LogP contribution is 2.43. The van der Waals surface area contributed by atoms with Gasteiger partial charge in [0.05, 0.1) is 23.0 Å². The van der Waals surface area contributed by atoms with Crippen molar-refractivity contribution >= 4 is 12.7 Å². The number of hydrogen-bond donors (Lipinski definition) is 0. The third-order valence-corrected chi connectivity index (χ3v) is 4.47. The van der Waals surface area contributed by atoms with Crippen LogP contribution in [0.3, 0.4) is 0 Å². The molecule has 0 radical (unpaired) electrons. The Morgan fingerprint density at radius 2 is 1.84 bits per heavy atom. The standard InChI is InChI=1S/C16H21BF4N2O2/c1-6-7-8-23-10-11(9-22-23)12(16(19,20)21)13(18)17-24-14(2,3)15(4,5)25-17/h6,9-10H,1,7-8H2,2-5H3. The summed E-state index contributed by atoms with van der Waals surface area (Å²) in [4.78, 5) is 0. The quantitative estimate of drug-likeness (QED) is 0.446. The molecular weight excluding hydrogens is 339 g/mol. The second-order valence-electron chi connectivity index (χ2n) is 6.88. The van der Waals surface area contributed by atoms with Gasteiger partial charge in [0.25, 0.3) is 0 Å². The summed E-state index contributed by atoms with van der Waals surface area (Å²) in [6.45, 7) is 10.5. The highest BCUT2D eigenvalue weighted by Gasteiger charge is 2.55. The Morgan fingerprint density at radius 1 is 1.28 bits per heavy atom. The van der Waals surface area contributed by atoms with Crippen LogP contribution in [0.4, 0.5) is 17.6 Å². The lowest BCUT2D eigenvalue weighted by atomic mass is 9.83. The van der Waals surface area contributed by atoms with Crippen molar-refractivity contribution in [3.63, 3.8) is 0 Å². The lowest BCUT2D eigenvalue weighted by Gasteiger charge is -2.32. The second-order valence-corrected chi connectivity index (χ2v) is 6.88. The van der Waals surface area contributed by atoms with Crippen LogP contribution in [0.15, 0.2) is 30.8 Å². The molecule has 0 atom stereocenters. The third-order valence-electron chi connectivity index (χ3n) is 4.47. The molecule has 1 saturated heterocycles. The first-order valence-corrected chi connectivity index (χ1v) is 7.85. The van der Waals surface area contributed by atoms with E-state index >= 15 is 0 Å². The molecule has 0 unspecified atom stereocenters. The fourth-order valence-electron chi connectivity index (χ4n) is 2.34. The molecule has 2 rings (SSSR count). The zero-order chi connectivity index (χ0) is 19.0. The number of aromatic nitrogens is 2. The van der Waals surface area contributed by atoms with Gasteiger partial charge in [-0.3, -0.25) is 4.68 Å². The van der Waals surface area contributed by atoms with Crippen LogP contribution in [0.5, 0.6) is 0 Å². The Bertz CT molecular complexity index is 664. The van der Waals surface area contributed by atoms with Crippen LogP contribution in [0.2, 0.25) is 0 Å². The lowest BCUT2D eigenvalue weighted by molar-refractivity contribution is -0.0699. The minimum Gasteiger partial charge on any atom is -0.398 e. The molecule has 1 fully saturated rings. The van der Waals surface area contributed by atoms with Crippen LogP contribution in [-0.2, 0) is 15.9 Å². The zero-order valence-corrected chi connectivity index (χ0v) is 14.7. The van der Waals surface area contributed by atoms with Crippen molar-refractivity contribution in [1.29, 1.82) is 0 Å². The maximum absolute atomic E-state index is 14.8. The SMILES string of the molecule is C=CCCn1cc(C(=C(F)B2OC(C)(C)C(C)(C)O2)C(F)(F)F)cn1. The van der Waals surface area contributed by atoms with Crippen LogP contribution in [0.25, 0.3) is 5.57 Å². The molecule has 1 aromatic heterocycles. The van der Waals surface area contributed by atoms with Gasteiger partial charge in [0.15, 0.2) is 0 Å². The van der Waals surface area contributed by atoms with E-state index in [1.165, 1.54) is 4.68 Å². The average Bonchev–Trinajstić information content (AvgIpc) is 2.98.